The molecular weight excluding hydrogens is 266 g/mol. The van der Waals surface area contributed by atoms with Gasteiger partial charge in [-0.25, -0.2) is 9.78 Å². The van der Waals surface area contributed by atoms with Crippen molar-refractivity contribution in [3.05, 3.63) is 54.2 Å². The highest BCUT2D eigenvalue weighted by Gasteiger charge is 2.33. The third-order valence-electron chi connectivity index (χ3n) is 3.66. The fraction of sp³-hybridized carbons (Fsp3) is 0.250. The van der Waals surface area contributed by atoms with Gasteiger partial charge in [-0.3, -0.25) is 0 Å². The van der Waals surface area contributed by atoms with Crippen LogP contribution in [-0.4, -0.2) is 29.6 Å². The van der Waals surface area contributed by atoms with Crippen molar-refractivity contribution >= 4 is 11.7 Å². The van der Waals surface area contributed by atoms with Crippen molar-refractivity contribution in [3.8, 4) is 5.88 Å². The van der Waals surface area contributed by atoms with Gasteiger partial charge in [0.2, 0.25) is 5.88 Å². The van der Waals surface area contributed by atoms with E-state index in [4.69, 9.17) is 4.74 Å². The third-order valence-corrected chi connectivity index (χ3v) is 3.66. The standard InChI is InChI=1S/C16H17N3O2/c1-21-15-8-7-13(11-17-15)18-16(20)19-10-9-14(19)12-5-3-2-4-6-12/h2-8,11,14H,9-10H2,1H3,(H,18,20)/t14-/m0/s1. The number of anilines is 1. The summed E-state index contributed by atoms with van der Waals surface area (Å²) in [6.07, 6.45) is 2.59. The molecule has 1 aliphatic heterocycles. The molecule has 1 N–H and O–H groups in total. The Balaban J connectivity index is 1.65. The van der Waals surface area contributed by atoms with Crippen molar-refractivity contribution in [1.82, 2.24) is 9.88 Å². The molecule has 2 amide bonds. The van der Waals surface area contributed by atoms with Crippen LogP contribution in [0.2, 0.25) is 0 Å². The molecule has 0 aliphatic carbocycles. The van der Waals surface area contributed by atoms with Gasteiger partial charge in [0.25, 0.3) is 0 Å². The molecule has 1 atom stereocenters. The summed E-state index contributed by atoms with van der Waals surface area (Å²) in [6, 6.07) is 13.7. The summed E-state index contributed by atoms with van der Waals surface area (Å²) in [6.45, 7) is 0.773. The van der Waals surface area contributed by atoms with Gasteiger partial charge in [-0.05, 0) is 18.1 Å². The van der Waals surface area contributed by atoms with Crippen molar-refractivity contribution in [2.45, 2.75) is 12.5 Å². The van der Waals surface area contributed by atoms with Crippen LogP contribution >= 0.6 is 0 Å². The zero-order chi connectivity index (χ0) is 14.7. The van der Waals surface area contributed by atoms with E-state index in [2.05, 4.69) is 22.4 Å². The Kier molecular flexibility index (Phi) is 3.73. The lowest BCUT2D eigenvalue weighted by Gasteiger charge is -2.41. The Morgan fingerprint density at radius 3 is 2.67 bits per heavy atom. The van der Waals surface area contributed by atoms with E-state index >= 15 is 0 Å². The third kappa shape index (κ3) is 2.81. The first kappa shape index (κ1) is 13.4. The van der Waals surface area contributed by atoms with E-state index in [1.54, 1.807) is 25.4 Å². The summed E-state index contributed by atoms with van der Waals surface area (Å²) in [5.41, 5.74) is 1.84. The second kappa shape index (κ2) is 5.83. The van der Waals surface area contributed by atoms with Crippen LogP contribution in [0.1, 0.15) is 18.0 Å². The molecule has 21 heavy (non-hydrogen) atoms. The SMILES string of the molecule is COc1ccc(NC(=O)N2CC[C@H]2c2ccccc2)cn1. The zero-order valence-electron chi connectivity index (χ0n) is 11.8. The van der Waals surface area contributed by atoms with Gasteiger partial charge in [-0.1, -0.05) is 30.3 Å². The predicted molar refractivity (Wildman–Crippen MR) is 80.3 cm³/mol. The summed E-state index contributed by atoms with van der Waals surface area (Å²) in [7, 11) is 1.56. The zero-order valence-corrected chi connectivity index (χ0v) is 11.8. The highest BCUT2D eigenvalue weighted by atomic mass is 16.5. The predicted octanol–water partition coefficient (Wildman–Crippen LogP) is 3.07. The lowest BCUT2D eigenvalue weighted by molar-refractivity contribution is 0.126. The van der Waals surface area contributed by atoms with Gasteiger partial charge in [-0.2, -0.15) is 0 Å². The Hall–Kier alpha value is -2.56. The lowest BCUT2D eigenvalue weighted by Crippen LogP contribution is -2.47. The number of likely N-dealkylation sites (tertiary alicyclic amines) is 1. The van der Waals surface area contributed by atoms with E-state index in [-0.39, 0.29) is 12.1 Å². The van der Waals surface area contributed by atoms with Crippen LogP contribution in [-0.2, 0) is 0 Å². The number of benzene rings is 1. The van der Waals surface area contributed by atoms with E-state index in [0.29, 0.717) is 11.6 Å². The van der Waals surface area contributed by atoms with Gasteiger partial charge >= 0.3 is 6.03 Å². The first-order chi connectivity index (χ1) is 10.3. The number of nitrogens with zero attached hydrogens (tertiary/aromatic N) is 2. The number of aromatic nitrogens is 1. The van der Waals surface area contributed by atoms with Gasteiger partial charge in [0.15, 0.2) is 0 Å². The molecule has 2 aromatic rings. The number of hydrogen-bond donors (Lipinski definition) is 1. The monoisotopic (exact) mass is 283 g/mol. The van der Waals surface area contributed by atoms with Crippen molar-refractivity contribution in [2.75, 3.05) is 19.0 Å². The number of urea groups is 1. The van der Waals surface area contributed by atoms with E-state index in [0.717, 1.165) is 13.0 Å². The van der Waals surface area contributed by atoms with Crippen LogP contribution in [0.5, 0.6) is 5.88 Å². The van der Waals surface area contributed by atoms with Crippen molar-refractivity contribution in [3.63, 3.8) is 0 Å². The van der Waals surface area contributed by atoms with Crippen LogP contribution in [0.3, 0.4) is 0 Å². The highest BCUT2D eigenvalue weighted by Crippen LogP contribution is 2.33. The Morgan fingerprint density at radius 2 is 2.10 bits per heavy atom. The van der Waals surface area contributed by atoms with Crippen molar-refractivity contribution in [2.24, 2.45) is 0 Å². The number of pyridine rings is 1. The van der Waals surface area contributed by atoms with Crippen LogP contribution < -0.4 is 10.1 Å². The molecule has 1 saturated heterocycles. The summed E-state index contributed by atoms with van der Waals surface area (Å²) in [5.74, 6) is 0.527. The number of ether oxygens (including phenoxy) is 1. The normalized spacial score (nSPS) is 17.0. The number of hydrogen-bond acceptors (Lipinski definition) is 3. The van der Waals surface area contributed by atoms with Crippen LogP contribution in [0.25, 0.3) is 0 Å². The number of carbonyl (C=O) groups excluding carboxylic acids is 1. The molecule has 0 spiro atoms. The van der Waals surface area contributed by atoms with Gasteiger partial charge in [0.05, 0.1) is 25.0 Å². The Morgan fingerprint density at radius 1 is 1.29 bits per heavy atom. The summed E-state index contributed by atoms with van der Waals surface area (Å²) in [4.78, 5) is 18.2. The first-order valence-corrected chi connectivity index (χ1v) is 6.90. The lowest BCUT2D eigenvalue weighted by atomic mass is 9.95. The molecule has 1 aromatic heterocycles. The maximum atomic E-state index is 12.3. The van der Waals surface area contributed by atoms with Crippen LogP contribution in [0.4, 0.5) is 10.5 Å². The van der Waals surface area contributed by atoms with Gasteiger partial charge in [0, 0.05) is 12.6 Å². The molecule has 5 heteroatoms. The van der Waals surface area contributed by atoms with E-state index in [9.17, 15) is 4.79 Å². The minimum absolute atomic E-state index is 0.0953. The quantitative estimate of drug-likeness (QED) is 0.941. The average molecular weight is 283 g/mol. The summed E-state index contributed by atoms with van der Waals surface area (Å²) < 4.78 is 4.99. The van der Waals surface area contributed by atoms with Gasteiger partial charge in [0.1, 0.15) is 0 Å². The molecule has 5 nitrogen and oxygen atoms in total. The largest absolute Gasteiger partial charge is 0.481 e. The van der Waals surface area contributed by atoms with Gasteiger partial charge in [-0.15, -0.1) is 0 Å². The number of nitrogens with one attached hydrogen (secondary N) is 1. The molecule has 2 heterocycles. The van der Waals surface area contributed by atoms with Crippen LogP contribution in [0, 0.1) is 0 Å². The second-order valence-electron chi connectivity index (χ2n) is 4.93. The number of methoxy groups -OCH3 is 1. The van der Waals surface area contributed by atoms with E-state index in [1.807, 2.05) is 23.1 Å². The maximum absolute atomic E-state index is 12.3. The molecule has 0 saturated carbocycles. The second-order valence-corrected chi connectivity index (χ2v) is 4.93. The van der Waals surface area contributed by atoms with Gasteiger partial charge < -0.3 is 15.0 Å². The van der Waals surface area contributed by atoms with Crippen molar-refractivity contribution < 1.29 is 9.53 Å². The van der Waals surface area contributed by atoms with Crippen molar-refractivity contribution in [1.29, 1.82) is 0 Å². The number of carbonyl (C=O) groups is 1. The Bertz CT molecular complexity index is 613. The average Bonchev–Trinajstić information content (AvgIpc) is 2.48. The molecule has 0 bridgehead atoms. The minimum Gasteiger partial charge on any atom is -0.481 e. The molecule has 1 aromatic carbocycles. The fourth-order valence-corrected chi connectivity index (χ4v) is 2.42. The molecule has 3 rings (SSSR count). The van der Waals surface area contributed by atoms with Crippen LogP contribution in [0.15, 0.2) is 48.7 Å². The Labute approximate surface area is 123 Å². The molecule has 0 radical (unpaired) electrons. The fourth-order valence-electron chi connectivity index (χ4n) is 2.42. The molecule has 0 unspecified atom stereocenters. The molecular formula is C16H17N3O2. The van der Waals surface area contributed by atoms with E-state index in [1.165, 1.54) is 5.56 Å². The molecule has 1 fully saturated rings. The number of amides is 2. The molecule has 108 valence electrons. The topological polar surface area (TPSA) is 54.5 Å². The first-order valence-electron chi connectivity index (χ1n) is 6.90. The molecule has 1 aliphatic rings. The number of rotatable bonds is 3. The minimum atomic E-state index is -0.0953. The highest BCUT2D eigenvalue weighted by molar-refractivity contribution is 5.90. The van der Waals surface area contributed by atoms with E-state index < -0.39 is 0 Å². The summed E-state index contributed by atoms with van der Waals surface area (Å²) >= 11 is 0. The smallest absolute Gasteiger partial charge is 0.322 e. The maximum Gasteiger partial charge on any atom is 0.322 e. The summed E-state index contributed by atoms with van der Waals surface area (Å²) in [5, 5.41) is 2.86.